The van der Waals surface area contributed by atoms with Crippen LogP contribution in [0.3, 0.4) is 0 Å². The van der Waals surface area contributed by atoms with Crippen molar-refractivity contribution in [3.05, 3.63) is 30.1 Å². The number of amides is 2. The highest BCUT2D eigenvalue weighted by Gasteiger charge is 2.42. The molecule has 6 nitrogen and oxygen atoms in total. The molecule has 120 valence electrons. The fourth-order valence-electron chi connectivity index (χ4n) is 2.39. The van der Waals surface area contributed by atoms with E-state index < -0.39 is 11.6 Å². The molecule has 0 unspecified atom stereocenters. The topological polar surface area (TPSA) is 71.5 Å². The van der Waals surface area contributed by atoms with Gasteiger partial charge in [0.15, 0.2) is 5.67 Å². The summed E-state index contributed by atoms with van der Waals surface area (Å²) in [6, 6.07) is 3.24. The van der Waals surface area contributed by atoms with Gasteiger partial charge in [-0.15, -0.1) is 0 Å². The summed E-state index contributed by atoms with van der Waals surface area (Å²) < 4.78 is 19.4. The Labute approximate surface area is 128 Å². The minimum atomic E-state index is -1.91. The number of hydrogen-bond donors (Lipinski definition) is 1. The molecular weight excluding hydrogens is 289 g/mol. The molecule has 0 saturated carbocycles. The second-order valence-corrected chi connectivity index (χ2v) is 5.24. The zero-order chi connectivity index (χ0) is 16.0. The van der Waals surface area contributed by atoms with Crippen molar-refractivity contribution in [2.45, 2.75) is 18.5 Å². The van der Waals surface area contributed by atoms with Gasteiger partial charge in [-0.25, -0.2) is 4.39 Å². The molecule has 1 aromatic rings. The fraction of sp³-hybridized carbons (Fsp3) is 0.533. The van der Waals surface area contributed by atoms with Crippen LogP contribution in [0.1, 0.15) is 23.2 Å². The van der Waals surface area contributed by atoms with E-state index in [1.165, 1.54) is 7.11 Å². The van der Waals surface area contributed by atoms with Crippen LogP contribution in [0.4, 0.5) is 4.39 Å². The van der Waals surface area contributed by atoms with Gasteiger partial charge in [0, 0.05) is 57.5 Å². The number of ether oxygens (including phenoxy) is 1. The van der Waals surface area contributed by atoms with E-state index >= 15 is 0 Å². The Kier molecular flexibility index (Phi) is 5.43. The zero-order valence-electron chi connectivity index (χ0n) is 12.5. The van der Waals surface area contributed by atoms with Crippen molar-refractivity contribution in [2.75, 3.05) is 33.4 Å². The highest BCUT2D eigenvalue weighted by Crippen LogP contribution is 2.27. The van der Waals surface area contributed by atoms with Gasteiger partial charge in [0.25, 0.3) is 11.8 Å². The predicted octanol–water partition coefficient (Wildman–Crippen LogP) is 0.788. The minimum Gasteiger partial charge on any atom is -0.383 e. The minimum absolute atomic E-state index is 0.00262. The highest BCUT2D eigenvalue weighted by atomic mass is 19.1. The molecule has 1 saturated heterocycles. The fourth-order valence-corrected chi connectivity index (χ4v) is 2.39. The third kappa shape index (κ3) is 3.79. The molecule has 1 fully saturated rings. The molecule has 0 atom stereocenters. The van der Waals surface area contributed by atoms with E-state index in [0.717, 1.165) is 0 Å². The summed E-state index contributed by atoms with van der Waals surface area (Å²) in [6.07, 6.45) is 3.09. The summed E-state index contributed by atoms with van der Waals surface area (Å²) in [5.41, 5.74) is -1.39. The largest absolute Gasteiger partial charge is 0.383 e. The normalized spacial score (nSPS) is 17.1. The van der Waals surface area contributed by atoms with E-state index in [4.69, 9.17) is 4.74 Å². The Morgan fingerprint density at radius 1 is 1.36 bits per heavy atom. The number of pyridine rings is 1. The van der Waals surface area contributed by atoms with Gasteiger partial charge in [0.1, 0.15) is 0 Å². The molecular formula is C15H20FN3O3. The maximum atomic E-state index is 14.6. The van der Waals surface area contributed by atoms with Crippen LogP contribution in [0.5, 0.6) is 0 Å². The van der Waals surface area contributed by atoms with Crippen LogP contribution in [-0.2, 0) is 9.53 Å². The van der Waals surface area contributed by atoms with Crippen LogP contribution in [0.15, 0.2) is 24.5 Å². The van der Waals surface area contributed by atoms with Crippen molar-refractivity contribution in [1.29, 1.82) is 0 Å². The maximum absolute atomic E-state index is 14.6. The second-order valence-electron chi connectivity index (χ2n) is 5.24. The number of hydrogen-bond acceptors (Lipinski definition) is 4. The number of nitrogens with one attached hydrogen (secondary N) is 1. The molecule has 1 aromatic heterocycles. The van der Waals surface area contributed by atoms with Gasteiger partial charge in [-0.05, 0) is 12.1 Å². The smallest absolute Gasteiger partial charge is 0.257 e. The van der Waals surface area contributed by atoms with Crippen LogP contribution in [-0.4, -0.2) is 60.7 Å². The molecule has 0 bridgehead atoms. The first-order valence-corrected chi connectivity index (χ1v) is 7.22. The van der Waals surface area contributed by atoms with Gasteiger partial charge >= 0.3 is 0 Å². The van der Waals surface area contributed by atoms with E-state index in [0.29, 0.717) is 12.2 Å². The Balaban J connectivity index is 1.89. The zero-order valence-corrected chi connectivity index (χ0v) is 12.5. The van der Waals surface area contributed by atoms with Crippen molar-refractivity contribution in [3.8, 4) is 0 Å². The lowest BCUT2D eigenvalue weighted by molar-refractivity contribution is -0.135. The number of piperidine rings is 1. The lowest BCUT2D eigenvalue weighted by atomic mass is 9.92. The number of rotatable bonds is 5. The Hall–Kier alpha value is -2.02. The first kappa shape index (κ1) is 16.4. The Morgan fingerprint density at radius 3 is 2.59 bits per heavy atom. The lowest BCUT2D eigenvalue weighted by Gasteiger charge is -2.35. The van der Waals surface area contributed by atoms with Gasteiger partial charge < -0.3 is 15.0 Å². The lowest BCUT2D eigenvalue weighted by Crippen LogP contribution is -2.52. The van der Waals surface area contributed by atoms with Crippen molar-refractivity contribution in [2.24, 2.45) is 0 Å². The number of carbonyl (C=O) groups excluding carboxylic acids is 2. The molecule has 0 aliphatic carbocycles. The number of methoxy groups -OCH3 is 1. The third-order valence-corrected chi connectivity index (χ3v) is 3.77. The van der Waals surface area contributed by atoms with E-state index in [1.807, 2.05) is 0 Å². The summed E-state index contributed by atoms with van der Waals surface area (Å²) in [4.78, 5) is 29.6. The van der Waals surface area contributed by atoms with E-state index in [9.17, 15) is 14.0 Å². The van der Waals surface area contributed by atoms with Crippen molar-refractivity contribution in [3.63, 3.8) is 0 Å². The monoisotopic (exact) mass is 309 g/mol. The van der Waals surface area contributed by atoms with Gasteiger partial charge in [-0.2, -0.15) is 0 Å². The molecule has 2 amide bonds. The number of aromatic nitrogens is 1. The van der Waals surface area contributed by atoms with Crippen molar-refractivity contribution in [1.82, 2.24) is 15.2 Å². The number of nitrogens with zero attached hydrogens (tertiary/aromatic N) is 2. The molecule has 2 rings (SSSR count). The molecule has 1 aliphatic heterocycles. The molecule has 2 heterocycles. The van der Waals surface area contributed by atoms with Crippen LogP contribution >= 0.6 is 0 Å². The quantitative estimate of drug-likeness (QED) is 0.816. The average Bonchev–Trinajstić information content (AvgIpc) is 2.56. The SMILES string of the molecule is COCCNC(=O)C1(F)CCN(C(=O)c2ccncc2)CC1. The van der Waals surface area contributed by atoms with Crippen LogP contribution in [0.25, 0.3) is 0 Å². The van der Waals surface area contributed by atoms with E-state index in [1.54, 1.807) is 29.4 Å². The van der Waals surface area contributed by atoms with E-state index in [-0.39, 0.29) is 38.4 Å². The summed E-state index contributed by atoms with van der Waals surface area (Å²) in [5.74, 6) is -0.787. The first-order chi connectivity index (χ1) is 10.6. The third-order valence-electron chi connectivity index (χ3n) is 3.77. The summed E-state index contributed by atoms with van der Waals surface area (Å²) in [6.45, 7) is 1.06. The molecule has 7 heteroatoms. The maximum Gasteiger partial charge on any atom is 0.257 e. The van der Waals surface area contributed by atoms with Crippen molar-refractivity contribution >= 4 is 11.8 Å². The van der Waals surface area contributed by atoms with Gasteiger partial charge in [-0.1, -0.05) is 0 Å². The van der Waals surface area contributed by atoms with Crippen LogP contribution < -0.4 is 5.32 Å². The number of likely N-dealkylation sites (tertiary alicyclic amines) is 1. The van der Waals surface area contributed by atoms with Crippen LogP contribution in [0, 0.1) is 0 Å². The summed E-state index contributed by atoms with van der Waals surface area (Å²) >= 11 is 0. The predicted molar refractivity (Wildman–Crippen MR) is 78.1 cm³/mol. The molecule has 0 radical (unpaired) electrons. The number of carbonyl (C=O) groups is 2. The summed E-state index contributed by atoms with van der Waals surface area (Å²) in [5, 5.41) is 2.52. The van der Waals surface area contributed by atoms with Crippen molar-refractivity contribution < 1.29 is 18.7 Å². The second kappa shape index (κ2) is 7.31. The summed E-state index contributed by atoms with van der Waals surface area (Å²) in [7, 11) is 1.51. The molecule has 0 aromatic carbocycles. The molecule has 1 N–H and O–H groups in total. The average molecular weight is 309 g/mol. The van der Waals surface area contributed by atoms with Gasteiger partial charge in [-0.3, -0.25) is 14.6 Å². The van der Waals surface area contributed by atoms with Gasteiger partial charge in [0.05, 0.1) is 6.61 Å². The standard InChI is InChI=1S/C15H20FN3O3/c1-22-11-8-18-14(21)15(16)4-9-19(10-5-15)13(20)12-2-6-17-7-3-12/h2-3,6-7H,4-5,8-11H2,1H3,(H,18,21). The molecule has 1 aliphatic rings. The van der Waals surface area contributed by atoms with E-state index in [2.05, 4.69) is 10.3 Å². The van der Waals surface area contributed by atoms with Gasteiger partial charge in [0.2, 0.25) is 0 Å². The number of alkyl halides is 1. The molecule has 22 heavy (non-hydrogen) atoms. The Morgan fingerprint density at radius 2 is 2.00 bits per heavy atom. The molecule has 0 spiro atoms. The van der Waals surface area contributed by atoms with Crippen LogP contribution in [0.2, 0.25) is 0 Å². The number of halogens is 1. The Bertz CT molecular complexity index is 516. The first-order valence-electron chi connectivity index (χ1n) is 7.22. The highest BCUT2D eigenvalue weighted by molar-refractivity contribution is 5.94.